The third-order valence-corrected chi connectivity index (χ3v) is 3.85. The second kappa shape index (κ2) is 6.71. The highest BCUT2D eigenvalue weighted by Crippen LogP contribution is 2.23. The molecule has 0 aliphatic rings. The van der Waals surface area contributed by atoms with Crippen molar-refractivity contribution in [2.45, 2.75) is 6.92 Å². The van der Waals surface area contributed by atoms with E-state index >= 15 is 0 Å². The summed E-state index contributed by atoms with van der Waals surface area (Å²) in [5.41, 5.74) is 4.08. The van der Waals surface area contributed by atoms with E-state index in [4.69, 9.17) is 16.3 Å². The summed E-state index contributed by atoms with van der Waals surface area (Å²) >= 11 is 6.02. The Bertz CT molecular complexity index is 835. The lowest BCUT2D eigenvalue weighted by atomic mass is 10.2. The molecule has 0 unspecified atom stereocenters. The van der Waals surface area contributed by atoms with Gasteiger partial charge in [0.15, 0.2) is 0 Å². The highest BCUT2D eigenvalue weighted by molar-refractivity contribution is 6.30. The number of benzene rings is 2. The molecule has 1 heterocycles. The molecule has 3 aromatic rings. The lowest BCUT2D eigenvalue weighted by Crippen LogP contribution is -1.90. The molecule has 0 aliphatic carbocycles. The zero-order chi connectivity index (χ0) is 16.2. The van der Waals surface area contributed by atoms with Gasteiger partial charge < -0.3 is 9.30 Å². The highest BCUT2D eigenvalue weighted by Gasteiger charge is 2.00. The molecule has 0 amide bonds. The van der Waals surface area contributed by atoms with Gasteiger partial charge in [0.2, 0.25) is 0 Å². The number of hydrogen-bond acceptors (Lipinski definition) is 2. The van der Waals surface area contributed by atoms with Crippen molar-refractivity contribution in [2.75, 3.05) is 7.11 Å². The van der Waals surface area contributed by atoms with Crippen LogP contribution in [-0.4, -0.2) is 17.9 Å². The van der Waals surface area contributed by atoms with Crippen LogP contribution in [0.2, 0.25) is 5.02 Å². The van der Waals surface area contributed by atoms with Crippen molar-refractivity contribution in [1.29, 1.82) is 0 Å². The quantitative estimate of drug-likeness (QED) is 0.606. The normalized spacial score (nSPS) is 11.1. The lowest BCUT2D eigenvalue weighted by Gasteiger charge is -2.04. The van der Waals surface area contributed by atoms with Gasteiger partial charge in [-0.05, 0) is 55.0 Å². The first-order valence-electron chi connectivity index (χ1n) is 7.28. The van der Waals surface area contributed by atoms with E-state index in [1.165, 1.54) is 0 Å². The number of methoxy groups -OCH3 is 1. The molecule has 0 spiro atoms. The van der Waals surface area contributed by atoms with Gasteiger partial charge in [-0.3, -0.25) is 4.99 Å². The van der Waals surface area contributed by atoms with E-state index in [0.717, 1.165) is 28.3 Å². The first-order valence-corrected chi connectivity index (χ1v) is 7.66. The molecule has 0 fully saturated rings. The first kappa shape index (κ1) is 15.4. The predicted molar refractivity (Wildman–Crippen MR) is 95.8 cm³/mol. The van der Waals surface area contributed by atoms with Gasteiger partial charge in [-0.1, -0.05) is 17.7 Å². The van der Waals surface area contributed by atoms with Crippen LogP contribution in [0.5, 0.6) is 5.75 Å². The van der Waals surface area contributed by atoms with Gasteiger partial charge in [0.05, 0.1) is 12.8 Å². The third-order valence-electron chi connectivity index (χ3n) is 3.61. The zero-order valence-electron chi connectivity index (χ0n) is 13.0. The fourth-order valence-corrected chi connectivity index (χ4v) is 2.44. The van der Waals surface area contributed by atoms with Crippen molar-refractivity contribution in [3.8, 4) is 11.4 Å². The minimum absolute atomic E-state index is 0.693. The Morgan fingerprint density at radius 3 is 2.61 bits per heavy atom. The standard InChI is InChI=1S/C19H17ClN2O/c1-14-3-4-16(20)11-19(14)21-12-15-9-10-22(13-15)17-5-7-18(23-2)8-6-17/h3-13H,1-2H3. The molecular formula is C19H17ClN2O. The van der Waals surface area contributed by atoms with E-state index in [2.05, 4.69) is 4.99 Å². The second-order valence-corrected chi connectivity index (χ2v) is 5.68. The number of hydrogen-bond donors (Lipinski definition) is 0. The summed E-state index contributed by atoms with van der Waals surface area (Å²) in [5, 5.41) is 0.693. The van der Waals surface area contributed by atoms with Crippen LogP contribution >= 0.6 is 11.6 Å². The fraction of sp³-hybridized carbons (Fsp3) is 0.105. The Balaban J connectivity index is 1.81. The van der Waals surface area contributed by atoms with Crippen molar-refractivity contribution in [2.24, 2.45) is 4.99 Å². The van der Waals surface area contributed by atoms with E-state index in [1.54, 1.807) is 7.11 Å². The number of aromatic nitrogens is 1. The summed E-state index contributed by atoms with van der Waals surface area (Å²) in [6.45, 7) is 2.02. The van der Waals surface area contributed by atoms with Crippen molar-refractivity contribution in [1.82, 2.24) is 4.57 Å². The number of aliphatic imine (C=N–C) groups is 1. The summed E-state index contributed by atoms with van der Waals surface area (Å²) in [5.74, 6) is 0.846. The molecule has 0 aliphatic heterocycles. The number of halogens is 1. The molecule has 1 aromatic heterocycles. The highest BCUT2D eigenvalue weighted by atomic mass is 35.5. The molecule has 3 nitrogen and oxygen atoms in total. The molecule has 0 saturated heterocycles. The summed E-state index contributed by atoms with van der Waals surface area (Å²) in [6.07, 6.45) is 5.89. The summed E-state index contributed by atoms with van der Waals surface area (Å²) in [4.78, 5) is 4.53. The minimum Gasteiger partial charge on any atom is -0.497 e. The number of rotatable bonds is 4. The molecule has 0 atom stereocenters. The van der Waals surface area contributed by atoms with Gasteiger partial charge in [-0.25, -0.2) is 0 Å². The molecule has 0 radical (unpaired) electrons. The maximum atomic E-state index is 6.02. The SMILES string of the molecule is COc1ccc(-n2ccc(C=Nc3cc(Cl)ccc3C)c2)cc1. The van der Waals surface area contributed by atoms with Crippen LogP contribution in [0.25, 0.3) is 5.69 Å². The average molecular weight is 325 g/mol. The van der Waals surface area contributed by atoms with Gasteiger partial charge in [0.1, 0.15) is 5.75 Å². The van der Waals surface area contributed by atoms with Crippen molar-refractivity contribution in [3.63, 3.8) is 0 Å². The van der Waals surface area contributed by atoms with Crippen LogP contribution in [0.15, 0.2) is 65.9 Å². The summed E-state index contributed by atoms with van der Waals surface area (Å²) in [7, 11) is 1.66. The third kappa shape index (κ3) is 3.63. The monoisotopic (exact) mass is 324 g/mol. The maximum absolute atomic E-state index is 6.02. The Hall–Kier alpha value is -2.52. The number of nitrogens with zero attached hydrogens (tertiary/aromatic N) is 2. The molecule has 2 aromatic carbocycles. The Morgan fingerprint density at radius 1 is 1.09 bits per heavy atom. The molecule has 116 valence electrons. The van der Waals surface area contributed by atoms with Gasteiger partial charge >= 0.3 is 0 Å². The Kier molecular flexibility index (Phi) is 4.49. The van der Waals surface area contributed by atoms with E-state index in [9.17, 15) is 0 Å². The van der Waals surface area contributed by atoms with E-state index < -0.39 is 0 Å². The number of ether oxygens (including phenoxy) is 1. The number of aryl methyl sites for hydroxylation is 1. The largest absolute Gasteiger partial charge is 0.497 e. The van der Waals surface area contributed by atoms with Gasteiger partial charge in [-0.2, -0.15) is 0 Å². The van der Waals surface area contributed by atoms with Crippen LogP contribution in [0, 0.1) is 6.92 Å². The second-order valence-electron chi connectivity index (χ2n) is 5.24. The molecule has 23 heavy (non-hydrogen) atoms. The van der Waals surface area contributed by atoms with Crippen LogP contribution in [0.4, 0.5) is 5.69 Å². The molecule has 0 N–H and O–H groups in total. The van der Waals surface area contributed by atoms with Crippen molar-refractivity contribution >= 4 is 23.5 Å². The summed E-state index contributed by atoms with van der Waals surface area (Å²) < 4.78 is 7.22. The first-order chi connectivity index (χ1) is 11.2. The zero-order valence-corrected chi connectivity index (χ0v) is 13.8. The maximum Gasteiger partial charge on any atom is 0.119 e. The van der Waals surface area contributed by atoms with E-state index in [-0.39, 0.29) is 0 Å². The predicted octanol–water partition coefficient (Wildman–Crippen LogP) is 5.20. The van der Waals surface area contributed by atoms with Gasteiger partial charge in [0, 0.05) is 34.9 Å². The van der Waals surface area contributed by atoms with E-state index in [0.29, 0.717) is 5.02 Å². The molecule has 4 heteroatoms. The molecular weight excluding hydrogens is 308 g/mol. The minimum atomic E-state index is 0.693. The Morgan fingerprint density at radius 2 is 1.87 bits per heavy atom. The van der Waals surface area contributed by atoms with Crippen LogP contribution in [-0.2, 0) is 0 Å². The average Bonchev–Trinajstić information content (AvgIpc) is 3.05. The molecule has 0 bridgehead atoms. The molecule has 3 rings (SSSR count). The van der Waals surface area contributed by atoms with Crippen molar-refractivity contribution < 1.29 is 4.74 Å². The van der Waals surface area contributed by atoms with Crippen LogP contribution < -0.4 is 4.74 Å². The van der Waals surface area contributed by atoms with Crippen molar-refractivity contribution in [3.05, 3.63) is 77.1 Å². The van der Waals surface area contributed by atoms with Crippen LogP contribution in [0.3, 0.4) is 0 Å². The molecule has 0 saturated carbocycles. The topological polar surface area (TPSA) is 26.5 Å². The Labute approximate surface area is 140 Å². The summed E-state index contributed by atoms with van der Waals surface area (Å²) in [6, 6.07) is 15.6. The van der Waals surface area contributed by atoms with Crippen LogP contribution in [0.1, 0.15) is 11.1 Å². The lowest BCUT2D eigenvalue weighted by molar-refractivity contribution is 0.415. The van der Waals surface area contributed by atoms with Gasteiger partial charge in [-0.15, -0.1) is 0 Å². The fourth-order valence-electron chi connectivity index (χ4n) is 2.27. The van der Waals surface area contributed by atoms with E-state index in [1.807, 2.05) is 78.6 Å². The van der Waals surface area contributed by atoms with Gasteiger partial charge in [0.25, 0.3) is 0 Å². The smallest absolute Gasteiger partial charge is 0.119 e.